The highest BCUT2D eigenvalue weighted by Gasteiger charge is 2.04. The fourth-order valence-corrected chi connectivity index (χ4v) is 1.93. The molecular formula is C13H15BrN4. The van der Waals surface area contributed by atoms with Gasteiger partial charge in [-0.3, -0.25) is 0 Å². The third-order valence-electron chi connectivity index (χ3n) is 2.48. The molecule has 0 atom stereocenters. The van der Waals surface area contributed by atoms with Gasteiger partial charge in [0.15, 0.2) is 0 Å². The highest BCUT2D eigenvalue weighted by atomic mass is 79.9. The fourth-order valence-electron chi connectivity index (χ4n) is 1.55. The van der Waals surface area contributed by atoms with Crippen LogP contribution in [0.2, 0.25) is 0 Å². The van der Waals surface area contributed by atoms with Crippen LogP contribution in [0.3, 0.4) is 0 Å². The quantitative estimate of drug-likeness (QED) is 0.906. The number of nitrogens with one attached hydrogen (secondary N) is 2. The van der Waals surface area contributed by atoms with Crippen LogP contribution in [0, 0.1) is 0 Å². The summed E-state index contributed by atoms with van der Waals surface area (Å²) in [5.74, 6) is 2.42. The van der Waals surface area contributed by atoms with E-state index in [-0.39, 0.29) is 0 Å². The molecule has 0 fully saturated rings. The molecule has 2 rings (SSSR count). The zero-order valence-corrected chi connectivity index (χ0v) is 12.0. The molecular weight excluding hydrogens is 292 g/mol. The molecule has 1 aromatic carbocycles. The normalized spacial score (nSPS) is 10.2. The van der Waals surface area contributed by atoms with Crippen molar-refractivity contribution in [3.63, 3.8) is 0 Å². The molecule has 2 N–H and O–H groups in total. The summed E-state index contributed by atoms with van der Waals surface area (Å²) < 4.78 is 1.01. The fraction of sp³-hybridized carbons (Fsp3) is 0.231. The molecule has 2 aromatic rings. The Morgan fingerprint density at radius 3 is 2.56 bits per heavy atom. The number of benzene rings is 1. The van der Waals surface area contributed by atoms with Gasteiger partial charge >= 0.3 is 0 Å². The van der Waals surface area contributed by atoms with E-state index in [2.05, 4.69) is 36.5 Å². The van der Waals surface area contributed by atoms with Crippen LogP contribution >= 0.6 is 15.9 Å². The van der Waals surface area contributed by atoms with E-state index in [0.29, 0.717) is 0 Å². The van der Waals surface area contributed by atoms with Gasteiger partial charge in [-0.25, -0.2) is 9.97 Å². The van der Waals surface area contributed by atoms with E-state index in [1.54, 1.807) is 0 Å². The second kappa shape index (κ2) is 5.82. The van der Waals surface area contributed by atoms with Gasteiger partial charge in [0.2, 0.25) is 0 Å². The lowest BCUT2D eigenvalue weighted by atomic mass is 10.3. The molecule has 0 amide bonds. The number of aryl methyl sites for hydroxylation is 1. The van der Waals surface area contributed by atoms with E-state index in [1.807, 2.05) is 44.3 Å². The van der Waals surface area contributed by atoms with Crippen LogP contribution in [0.5, 0.6) is 0 Å². The maximum Gasteiger partial charge on any atom is 0.136 e. The molecule has 0 aliphatic carbocycles. The van der Waals surface area contributed by atoms with E-state index in [0.717, 1.165) is 34.0 Å². The summed E-state index contributed by atoms with van der Waals surface area (Å²) in [5, 5.41) is 6.32. The molecule has 0 aliphatic rings. The molecule has 5 heteroatoms. The lowest BCUT2D eigenvalue weighted by Crippen LogP contribution is -2.03. The van der Waals surface area contributed by atoms with Gasteiger partial charge in [0.1, 0.15) is 17.5 Å². The first-order chi connectivity index (χ1) is 8.72. The second-order valence-electron chi connectivity index (χ2n) is 3.76. The predicted molar refractivity (Wildman–Crippen MR) is 78.4 cm³/mol. The van der Waals surface area contributed by atoms with Gasteiger partial charge in [-0.05, 0) is 28.1 Å². The number of rotatable bonds is 4. The van der Waals surface area contributed by atoms with Crippen LogP contribution in [0.1, 0.15) is 12.7 Å². The minimum absolute atomic E-state index is 0.790. The Bertz CT molecular complexity index is 520. The first-order valence-corrected chi connectivity index (χ1v) is 6.59. The lowest BCUT2D eigenvalue weighted by molar-refractivity contribution is 0.944. The van der Waals surface area contributed by atoms with Crippen LogP contribution in [-0.4, -0.2) is 17.0 Å². The largest absolute Gasteiger partial charge is 0.373 e. The van der Waals surface area contributed by atoms with Crippen LogP contribution in [-0.2, 0) is 6.42 Å². The molecule has 0 unspecified atom stereocenters. The van der Waals surface area contributed by atoms with Gasteiger partial charge in [-0.15, -0.1) is 0 Å². The second-order valence-corrected chi connectivity index (χ2v) is 4.62. The van der Waals surface area contributed by atoms with Crippen molar-refractivity contribution in [2.75, 3.05) is 17.7 Å². The van der Waals surface area contributed by atoms with Crippen molar-refractivity contribution in [2.24, 2.45) is 0 Å². The van der Waals surface area contributed by atoms with Crippen LogP contribution in [0.25, 0.3) is 0 Å². The Hall–Kier alpha value is -1.62. The molecule has 1 heterocycles. The van der Waals surface area contributed by atoms with Crippen molar-refractivity contribution in [2.45, 2.75) is 13.3 Å². The molecule has 0 aliphatic heterocycles. The van der Waals surface area contributed by atoms with Crippen molar-refractivity contribution < 1.29 is 0 Å². The number of halogens is 1. The zero-order valence-electron chi connectivity index (χ0n) is 10.4. The molecule has 0 radical (unpaired) electrons. The molecule has 0 saturated carbocycles. The molecule has 0 spiro atoms. The maximum absolute atomic E-state index is 4.45. The zero-order chi connectivity index (χ0) is 13.0. The number of nitrogens with zero attached hydrogens (tertiary/aromatic N) is 2. The van der Waals surface area contributed by atoms with Gasteiger partial charge in [-0.1, -0.05) is 19.1 Å². The van der Waals surface area contributed by atoms with Crippen molar-refractivity contribution in [3.8, 4) is 0 Å². The lowest BCUT2D eigenvalue weighted by Gasteiger charge is -2.10. The van der Waals surface area contributed by atoms with E-state index in [1.165, 1.54) is 0 Å². The highest BCUT2D eigenvalue weighted by Crippen LogP contribution is 2.25. The smallest absolute Gasteiger partial charge is 0.136 e. The average Bonchev–Trinajstić information content (AvgIpc) is 2.41. The Balaban J connectivity index is 2.31. The number of hydrogen-bond acceptors (Lipinski definition) is 4. The van der Waals surface area contributed by atoms with E-state index < -0.39 is 0 Å². The third kappa shape index (κ3) is 2.98. The summed E-state index contributed by atoms with van der Waals surface area (Å²) in [6.45, 7) is 2.04. The first kappa shape index (κ1) is 12.8. The van der Waals surface area contributed by atoms with E-state index >= 15 is 0 Å². The molecule has 1 aromatic heterocycles. The molecule has 0 bridgehead atoms. The van der Waals surface area contributed by atoms with Crippen LogP contribution < -0.4 is 10.6 Å². The van der Waals surface area contributed by atoms with E-state index in [9.17, 15) is 0 Å². The summed E-state index contributed by atoms with van der Waals surface area (Å²) in [6.07, 6.45) is 0.806. The summed E-state index contributed by atoms with van der Waals surface area (Å²) in [4.78, 5) is 8.81. The van der Waals surface area contributed by atoms with Gasteiger partial charge in [0.25, 0.3) is 0 Å². The standard InChI is InChI=1S/C13H15BrN4/c1-3-11-17-12(15-2)8-13(18-11)16-10-7-5-4-6-9(10)14/h4-8H,3H2,1-2H3,(H2,15,16,17,18). The topological polar surface area (TPSA) is 49.8 Å². The minimum atomic E-state index is 0.790. The summed E-state index contributed by atoms with van der Waals surface area (Å²) >= 11 is 3.50. The molecule has 0 saturated heterocycles. The maximum atomic E-state index is 4.45. The summed E-state index contributed by atoms with van der Waals surface area (Å²) in [6, 6.07) is 9.83. The average molecular weight is 307 g/mol. The first-order valence-electron chi connectivity index (χ1n) is 5.80. The Morgan fingerprint density at radius 1 is 1.17 bits per heavy atom. The van der Waals surface area contributed by atoms with Crippen LogP contribution in [0.4, 0.5) is 17.3 Å². The van der Waals surface area contributed by atoms with Gasteiger partial charge < -0.3 is 10.6 Å². The summed E-state index contributed by atoms with van der Waals surface area (Å²) in [7, 11) is 1.85. The SMILES string of the molecule is CCc1nc(NC)cc(Nc2ccccc2Br)n1. The number of hydrogen-bond donors (Lipinski definition) is 2. The van der Waals surface area contributed by atoms with Gasteiger partial charge in [0.05, 0.1) is 5.69 Å². The number of aromatic nitrogens is 2. The van der Waals surface area contributed by atoms with Crippen molar-refractivity contribution in [3.05, 3.63) is 40.6 Å². The Kier molecular flexibility index (Phi) is 4.15. The van der Waals surface area contributed by atoms with Crippen molar-refractivity contribution >= 4 is 33.3 Å². The highest BCUT2D eigenvalue weighted by molar-refractivity contribution is 9.10. The van der Waals surface area contributed by atoms with Gasteiger partial charge in [-0.2, -0.15) is 0 Å². The Labute approximate surface area is 115 Å². The van der Waals surface area contributed by atoms with Gasteiger partial charge in [0, 0.05) is 24.0 Å². The van der Waals surface area contributed by atoms with E-state index in [4.69, 9.17) is 0 Å². The number of para-hydroxylation sites is 1. The summed E-state index contributed by atoms with van der Waals surface area (Å²) in [5.41, 5.74) is 0.986. The molecule has 4 nitrogen and oxygen atoms in total. The molecule has 94 valence electrons. The van der Waals surface area contributed by atoms with Crippen molar-refractivity contribution in [1.82, 2.24) is 9.97 Å². The molecule has 18 heavy (non-hydrogen) atoms. The third-order valence-corrected chi connectivity index (χ3v) is 3.17. The van der Waals surface area contributed by atoms with Crippen LogP contribution in [0.15, 0.2) is 34.8 Å². The predicted octanol–water partition coefficient (Wildman–Crippen LogP) is 3.59. The van der Waals surface area contributed by atoms with Crippen molar-refractivity contribution in [1.29, 1.82) is 0 Å². The monoisotopic (exact) mass is 306 g/mol. The minimum Gasteiger partial charge on any atom is -0.373 e. The Morgan fingerprint density at radius 2 is 1.89 bits per heavy atom. The number of anilines is 3.